The van der Waals surface area contributed by atoms with Gasteiger partial charge in [-0.05, 0) is 42.8 Å². The molecule has 4 rings (SSSR count). The van der Waals surface area contributed by atoms with E-state index in [4.69, 9.17) is 0 Å². The Hall–Kier alpha value is -3.72. The zero-order valence-electron chi connectivity index (χ0n) is 15.8. The largest absolute Gasteiger partial charge is 0.279 e. The van der Waals surface area contributed by atoms with E-state index >= 15 is 0 Å². The quantitative estimate of drug-likeness (QED) is 0.337. The Bertz CT molecular complexity index is 1260. The minimum absolute atomic E-state index is 0.131. The molecule has 30 heavy (non-hydrogen) atoms. The molecule has 2 aromatic heterocycles. The van der Waals surface area contributed by atoms with Crippen molar-refractivity contribution >= 4 is 38.3 Å². The summed E-state index contributed by atoms with van der Waals surface area (Å²) in [7, 11) is 0. The number of carbonyl (C=O) groups excluding carboxylic acids is 1. The normalized spacial score (nSPS) is 10.9. The van der Waals surface area contributed by atoms with Crippen molar-refractivity contribution in [3.63, 3.8) is 0 Å². The Balaban J connectivity index is 1.81. The van der Waals surface area contributed by atoms with Crippen LogP contribution in [0.3, 0.4) is 0 Å². The summed E-state index contributed by atoms with van der Waals surface area (Å²) in [6.07, 6.45) is 3.26. The molecule has 0 bridgehead atoms. The van der Waals surface area contributed by atoms with Gasteiger partial charge in [0.05, 0.1) is 21.7 Å². The number of nitro benzene ring substituents is 1. The van der Waals surface area contributed by atoms with E-state index in [0.717, 1.165) is 5.56 Å². The van der Waals surface area contributed by atoms with Crippen LogP contribution in [0.15, 0.2) is 60.9 Å². The Morgan fingerprint density at radius 1 is 1.23 bits per heavy atom. The summed E-state index contributed by atoms with van der Waals surface area (Å²) in [6.45, 7) is 1.71. The number of benzene rings is 2. The predicted molar refractivity (Wildman–Crippen MR) is 112 cm³/mol. The van der Waals surface area contributed by atoms with Crippen molar-refractivity contribution in [3.8, 4) is 0 Å². The number of hydrogen-bond acceptors (Lipinski definition) is 6. The zero-order valence-corrected chi connectivity index (χ0v) is 16.6. The third kappa shape index (κ3) is 3.74. The molecule has 0 aliphatic heterocycles. The molecule has 0 aliphatic rings. The maximum atomic E-state index is 13.6. The second-order valence-electron chi connectivity index (χ2n) is 6.57. The number of carbonyl (C=O) groups is 1. The van der Waals surface area contributed by atoms with Crippen LogP contribution in [-0.2, 0) is 6.54 Å². The van der Waals surface area contributed by atoms with Gasteiger partial charge in [-0.1, -0.05) is 23.5 Å². The number of rotatable bonds is 5. The van der Waals surface area contributed by atoms with E-state index in [1.165, 1.54) is 40.5 Å². The lowest BCUT2D eigenvalue weighted by molar-refractivity contribution is -0.385. The number of anilines is 1. The molecule has 0 aliphatic carbocycles. The fraction of sp³-hybridized carbons (Fsp3) is 0.0952. The van der Waals surface area contributed by atoms with E-state index in [9.17, 15) is 19.3 Å². The van der Waals surface area contributed by atoms with Gasteiger partial charge < -0.3 is 0 Å². The van der Waals surface area contributed by atoms with Crippen molar-refractivity contribution < 1.29 is 14.1 Å². The highest BCUT2D eigenvalue weighted by molar-refractivity contribution is 7.22. The van der Waals surface area contributed by atoms with Gasteiger partial charge in [-0.3, -0.25) is 24.8 Å². The third-order valence-electron chi connectivity index (χ3n) is 4.61. The molecule has 2 heterocycles. The molecular weight excluding hydrogens is 407 g/mol. The summed E-state index contributed by atoms with van der Waals surface area (Å²) in [4.78, 5) is 34.3. The predicted octanol–water partition coefficient (Wildman–Crippen LogP) is 4.89. The Morgan fingerprint density at radius 2 is 2.07 bits per heavy atom. The highest BCUT2D eigenvalue weighted by Crippen LogP contribution is 2.32. The lowest BCUT2D eigenvalue weighted by Crippen LogP contribution is -2.31. The number of thiazole rings is 1. The molecule has 0 saturated carbocycles. The Morgan fingerprint density at radius 3 is 2.80 bits per heavy atom. The molecular formula is C21H15FN4O3S. The number of pyridine rings is 1. The van der Waals surface area contributed by atoms with Gasteiger partial charge in [0, 0.05) is 29.6 Å². The number of amides is 1. The van der Waals surface area contributed by atoms with Crippen LogP contribution in [0.2, 0.25) is 0 Å². The lowest BCUT2D eigenvalue weighted by atomic mass is 10.1. The highest BCUT2D eigenvalue weighted by Gasteiger charge is 2.26. The van der Waals surface area contributed by atoms with Gasteiger partial charge in [-0.15, -0.1) is 0 Å². The molecule has 0 spiro atoms. The molecule has 0 radical (unpaired) electrons. The first-order valence-corrected chi connectivity index (χ1v) is 9.76. The number of hydrogen-bond donors (Lipinski definition) is 0. The number of aromatic nitrogens is 2. The molecule has 2 aromatic carbocycles. The van der Waals surface area contributed by atoms with Crippen LogP contribution in [0.5, 0.6) is 0 Å². The van der Waals surface area contributed by atoms with Gasteiger partial charge in [-0.2, -0.15) is 0 Å². The third-order valence-corrected chi connectivity index (χ3v) is 5.65. The van der Waals surface area contributed by atoms with Crippen molar-refractivity contribution in [1.29, 1.82) is 0 Å². The van der Waals surface area contributed by atoms with Crippen LogP contribution >= 0.6 is 11.3 Å². The van der Waals surface area contributed by atoms with Gasteiger partial charge in [0.15, 0.2) is 5.13 Å². The number of halogens is 1. The van der Waals surface area contributed by atoms with Crippen molar-refractivity contribution in [2.45, 2.75) is 13.5 Å². The Kier molecular flexibility index (Phi) is 5.20. The van der Waals surface area contributed by atoms with Crippen molar-refractivity contribution in [1.82, 2.24) is 9.97 Å². The van der Waals surface area contributed by atoms with Crippen molar-refractivity contribution in [2.24, 2.45) is 0 Å². The van der Waals surface area contributed by atoms with Gasteiger partial charge in [0.25, 0.3) is 11.6 Å². The first-order chi connectivity index (χ1) is 14.4. The van der Waals surface area contributed by atoms with Crippen LogP contribution in [0, 0.1) is 22.9 Å². The fourth-order valence-electron chi connectivity index (χ4n) is 3.10. The first kappa shape index (κ1) is 19.6. The van der Waals surface area contributed by atoms with Crippen molar-refractivity contribution in [2.75, 3.05) is 4.90 Å². The molecule has 0 N–H and O–H groups in total. The molecule has 0 unspecified atom stereocenters. The standard InChI is InChI=1S/C21H15FN4O3S/c1-13-16(5-2-6-18(13)26(28)29)20(27)25(12-14-4-3-9-23-11-14)21-24-17-8-7-15(22)10-19(17)30-21/h2-11H,12H2,1H3. The summed E-state index contributed by atoms with van der Waals surface area (Å²) in [5.74, 6) is -0.822. The molecule has 1 amide bonds. The fourth-order valence-corrected chi connectivity index (χ4v) is 4.09. The number of nitrogens with zero attached hydrogens (tertiary/aromatic N) is 4. The summed E-state index contributed by atoms with van der Waals surface area (Å²) in [5.41, 5.74) is 1.68. The average molecular weight is 422 g/mol. The van der Waals surface area contributed by atoms with E-state index in [2.05, 4.69) is 9.97 Å². The number of fused-ring (bicyclic) bond motifs is 1. The first-order valence-electron chi connectivity index (χ1n) is 8.95. The minimum Gasteiger partial charge on any atom is -0.279 e. The molecule has 7 nitrogen and oxygen atoms in total. The second-order valence-corrected chi connectivity index (χ2v) is 7.58. The van der Waals surface area contributed by atoms with E-state index < -0.39 is 16.6 Å². The topological polar surface area (TPSA) is 89.2 Å². The van der Waals surface area contributed by atoms with Crippen LogP contribution in [-0.4, -0.2) is 20.8 Å². The zero-order chi connectivity index (χ0) is 21.3. The van der Waals surface area contributed by atoms with Crippen LogP contribution in [0.1, 0.15) is 21.5 Å². The van der Waals surface area contributed by atoms with Gasteiger partial charge >= 0.3 is 0 Å². The van der Waals surface area contributed by atoms with E-state index in [0.29, 0.717) is 15.3 Å². The highest BCUT2D eigenvalue weighted by atomic mass is 32.1. The lowest BCUT2D eigenvalue weighted by Gasteiger charge is -2.21. The average Bonchev–Trinajstić information content (AvgIpc) is 3.15. The van der Waals surface area contributed by atoms with Crippen LogP contribution in [0.4, 0.5) is 15.2 Å². The van der Waals surface area contributed by atoms with Crippen LogP contribution in [0.25, 0.3) is 10.2 Å². The smallest absolute Gasteiger partial charge is 0.273 e. The maximum Gasteiger partial charge on any atom is 0.273 e. The van der Waals surface area contributed by atoms with E-state index in [-0.39, 0.29) is 23.4 Å². The summed E-state index contributed by atoms with van der Waals surface area (Å²) in [5, 5.41) is 11.7. The monoisotopic (exact) mass is 422 g/mol. The van der Waals surface area contributed by atoms with E-state index in [1.807, 2.05) is 6.07 Å². The van der Waals surface area contributed by atoms with E-state index in [1.54, 1.807) is 37.5 Å². The van der Waals surface area contributed by atoms with Crippen LogP contribution < -0.4 is 4.90 Å². The molecule has 150 valence electrons. The molecule has 0 atom stereocenters. The van der Waals surface area contributed by atoms with Crippen molar-refractivity contribution in [3.05, 3.63) is 93.5 Å². The molecule has 0 fully saturated rings. The summed E-state index contributed by atoms with van der Waals surface area (Å²) in [6, 6.07) is 12.2. The minimum atomic E-state index is -0.516. The second kappa shape index (κ2) is 7.96. The Labute approximate surface area is 174 Å². The summed E-state index contributed by atoms with van der Waals surface area (Å²) < 4.78 is 14.2. The maximum absolute atomic E-state index is 13.6. The molecule has 4 aromatic rings. The molecule has 9 heteroatoms. The van der Waals surface area contributed by atoms with Gasteiger partial charge in [0.2, 0.25) is 0 Å². The summed E-state index contributed by atoms with van der Waals surface area (Å²) >= 11 is 1.18. The van der Waals surface area contributed by atoms with Gasteiger partial charge in [0.1, 0.15) is 5.82 Å². The molecule has 0 saturated heterocycles. The SMILES string of the molecule is Cc1c(C(=O)N(Cc2cccnc2)c2nc3ccc(F)cc3s2)cccc1[N+](=O)[O-]. The number of nitro groups is 1. The van der Waals surface area contributed by atoms with Gasteiger partial charge in [-0.25, -0.2) is 9.37 Å².